The molecule has 3 rings (SSSR count). The molecule has 0 aliphatic carbocycles. The first-order chi connectivity index (χ1) is 9.86. The second-order valence-corrected chi connectivity index (χ2v) is 4.39. The first kappa shape index (κ1) is 12.3. The Morgan fingerprint density at radius 1 is 0.900 bits per heavy atom. The van der Waals surface area contributed by atoms with Crippen molar-refractivity contribution in [3.63, 3.8) is 0 Å². The standard InChI is InChI=1S/C13H13N7/c14-8-11-9-18-12(10-17-11)19-4-6-20(7-5-19)13-15-2-1-3-16-13/h1-3,9-10H,4-7H2. The van der Waals surface area contributed by atoms with Crippen molar-refractivity contribution in [3.05, 3.63) is 36.5 Å². The van der Waals surface area contributed by atoms with E-state index in [0.29, 0.717) is 5.69 Å². The Hall–Kier alpha value is -2.75. The maximum Gasteiger partial charge on any atom is 0.225 e. The molecule has 1 aliphatic heterocycles. The van der Waals surface area contributed by atoms with Crippen molar-refractivity contribution in [2.45, 2.75) is 0 Å². The quantitative estimate of drug-likeness (QED) is 0.782. The highest BCUT2D eigenvalue weighted by Crippen LogP contribution is 2.14. The number of hydrogen-bond donors (Lipinski definition) is 0. The molecule has 2 aromatic heterocycles. The van der Waals surface area contributed by atoms with E-state index in [-0.39, 0.29) is 0 Å². The molecule has 0 spiro atoms. The van der Waals surface area contributed by atoms with Gasteiger partial charge in [0.1, 0.15) is 11.9 Å². The zero-order valence-corrected chi connectivity index (χ0v) is 10.8. The predicted octanol–water partition coefficient (Wildman–Crippen LogP) is 0.465. The van der Waals surface area contributed by atoms with E-state index in [1.807, 2.05) is 12.1 Å². The molecule has 1 aliphatic rings. The largest absolute Gasteiger partial charge is 0.352 e. The Labute approximate surface area is 116 Å². The monoisotopic (exact) mass is 267 g/mol. The van der Waals surface area contributed by atoms with Crippen LogP contribution >= 0.6 is 0 Å². The number of aromatic nitrogens is 4. The average Bonchev–Trinajstić information content (AvgIpc) is 2.56. The lowest BCUT2D eigenvalue weighted by Crippen LogP contribution is -2.47. The highest BCUT2D eigenvalue weighted by atomic mass is 15.3. The van der Waals surface area contributed by atoms with Gasteiger partial charge in [-0.15, -0.1) is 0 Å². The van der Waals surface area contributed by atoms with Gasteiger partial charge in [-0.3, -0.25) is 0 Å². The van der Waals surface area contributed by atoms with E-state index >= 15 is 0 Å². The summed E-state index contributed by atoms with van der Waals surface area (Å²) in [6.07, 6.45) is 6.65. The van der Waals surface area contributed by atoms with Crippen LogP contribution in [0, 0.1) is 11.3 Å². The molecule has 0 atom stereocenters. The summed E-state index contributed by atoms with van der Waals surface area (Å²) in [6.45, 7) is 3.34. The van der Waals surface area contributed by atoms with Gasteiger partial charge < -0.3 is 9.80 Å². The van der Waals surface area contributed by atoms with Crippen LogP contribution in [0.25, 0.3) is 0 Å². The molecule has 7 heteroatoms. The molecule has 100 valence electrons. The third-order valence-corrected chi connectivity index (χ3v) is 3.19. The third-order valence-electron chi connectivity index (χ3n) is 3.19. The van der Waals surface area contributed by atoms with E-state index < -0.39 is 0 Å². The summed E-state index contributed by atoms with van der Waals surface area (Å²) in [5.74, 6) is 1.57. The molecule has 1 fully saturated rings. The fourth-order valence-electron chi connectivity index (χ4n) is 2.13. The van der Waals surface area contributed by atoms with Crippen LogP contribution in [0.15, 0.2) is 30.9 Å². The van der Waals surface area contributed by atoms with Gasteiger partial charge in [0.05, 0.1) is 12.4 Å². The van der Waals surface area contributed by atoms with Crippen molar-refractivity contribution in [2.75, 3.05) is 36.0 Å². The van der Waals surface area contributed by atoms with Crippen LogP contribution in [0.2, 0.25) is 0 Å². The molecule has 0 amide bonds. The van der Waals surface area contributed by atoms with Crippen LogP contribution in [-0.4, -0.2) is 46.1 Å². The highest BCUT2D eigenvalue weighted by molar-refractivity contribution is 5.41. The molecular formula is C13H13N7. The van der Waals surface area contributed by atoms with Gasteiger partial charge in [-0.1, -0.05) is 0 Å². The maximum absolute atomic E-state index is 8.71. The Balaban J connectivity index is 1.65. The van der Waals surface area contributed by atoms with Crippen LogP contribution < -0.4 is 9.80 Å². The Morgan fingerprint density at radius 2 is 1.60 bits per heavy atom. The zero-order valence-electron chi connectivity index (χ0n) is 10.8. The molecule has 0 N–H and O–H groups in total. The van der Waals surface area contributed by atoms with Crippen LogP contribution in [-0.2, 0) is 0 Å². The fourth-order valence-corrected chi connectivity index (χ4v) is 2.13. The molecule has 20 heavy (non-hydrogen) atoms. The van der Waals surface area contributed by atoms with Crippen LogP contribution in [0.3, 0.4) is 0 Å². The lowest BCUT2D eigenvalue weighted by atomic mass is 10.3. The smallest absolute Gasteiger partial charge is 0.225 e. The summed E-state index contributed by atoms with van der Waals surface area (Å²) in [7, 11) is 0. The lowest BCUT2D eigenvalue weighted by Gasteiger charge is -2.35. The molecule has 0 radical (unpaired) electrons. The zero-order chi connectivity index (χ0) is 13.8. The topological polar surface area (TPSA) is 81.8 Å². The van der Waals surface area contributed by atoms with Gasteiger partial charge in [-0.25, -0.2) is 19.9 Å². The second-order valence-electron chi connectivity index (χ2n) is 4.39. The summed E-state index contributed by atoms with van der Waals surface area (Å²) >= 11 is 0. The van der Waals surface area contributed by atoms with Crippen LogP contribution in [0.1, 0.15) is 5.69 Å². The number of piperazine rings is 1. The minimum atomic E-state index is 0.338. The van der Waals surface area contributed by atoms with Crippen molar-refractivity contribution >= 4 is 11.8 Å². The van der Waals surface area contributed by atoms with Crippen molar-refractivity contribution in [1.29, 1.82) is 5.26 Å². The summed E-state index contributed by atoms with van der Waals surface area (Å²) in [5.41, 5.74) is 0.338. The molecule has 0 saturated carbocycles. The first-order valence-electron chi connectivity index (χ1n) is 6.36. The Kier molecular flexibility index (Phi) is 3.37. The summed E-state index contributed by atoms with van der Waals surface area (Å²) < 4.78 is 0. The normalized spacial score (nSPS) is 14.9. The maximum atomic E-state index is 8.71. The number of nitriles is 1. The number of rotatable bonds is 2. The van der Waals surface area contributed by atoms with E-state index in [0.717, 1.165) is 37.9 Å². The van der Waals surface area contributed by atoms with Crippen LogP contribution in [0.5, 0.6) is 0 Å². The van der Waals surface area contributed by atoms with Gasteiger partial charge in [0.25, 0.3) is 0 Å². The van der Waals surface area contributed by atoms with Gasteiger partial charge in [0.15, 0.2) is 5.69 Å². The van der Waals surface area contributed by atoms with Gasteiger partial charge in [-0.05, 0) is 6.07 Å². The van der Waals surface area contributed by atoms with Gasteiger partial charge in [-0.2, -0.15) is 5.26 Å². The van der Waals surface area contributed by atoms with Gasteiger partial charge in [0, 0.05) is 38.6 Å². The fraction of sp³-hybridized carbons (Fsp3) is 0.308. The molecule has 2 aromatic rings. The Bertz CT molecular complexity index is 597. The molecule has 1 saturated heterocycles. The van der Waals surface area contributed by atoms with Crippen LogP contribution in [0.4, 0.5) is 11.8 Å². The van der Waals surface area contributed by atoms with Gasteiger partial charge >= 0.3 is 0 Å². The second kappa shape index (κ2) is 5.48. The molecule has 0 aromatic carbocycles. The van der Waals surface area contributed by atoms with E-state index in [4.69, 9.17) is 5.26 Å². The molecular weight excluding hydrogens is 254 g/mol. The highest BCUT2D eigenvalue weighted by Gasteiger charge is 2.19. The molecule has 0 unspecified atom stereocenters. The SMILES string of the molecule is N#Cc1cnc(N2CCN(c3ncccn3)CC2)cn1. The molecule has 7 nitrogen and oxygen atoms in total. The summed E-state index contributed by atoms with van der Waals surface area (Å²) in [5, 5.41) is 8.71. The molecule has 0 bridgehead atoms. The number of anilines is 2. The van der Waals surface area contributed by atoms with E-state index in [2.05, 4.69) is 29.7 Å². The first-order valence-corrected chi connectivity index (χ1v) is 6.36. The number of hydrogen-bond acceptors (Lipinski definition) is 7. The van der Waals surface area contributed by atoms with Crippen molar-refractivity contribution in [1.82, 2.24) is 19.9 Å². The lowest BCUT2D eigenvalue weighted by molar-refractivity contribution is 0.633. The average molecular weight is 267 g/mol. The van der Waals surface area contributed by atoms with E-state index in [9.17, 15) is 0 Å². The van der Waals surface area contributed by atoms with E-state index in [1.165, 1.54) is 6.20 Å². The number of nitrogens with zero attached hydrogens (tertiary/aromatic N) is 7. The van der Waals surface area contributed by atoms with Crippen molar-refractivity contribution in [2.24, 2.45) is 0 Å². The molecule has 3 heterocycles. The summed E-state index contributed by atoms with van der Waals surface area (Å²) in [4.78, 5) is 21.1. The minimum Gasteiger partial charge on any atom is -0.352 e. The Morgan fingerprint density at radius 3 is 2.20 bits per heavy atom. The van der Waals surface area contributed by atoms with Crippen molar-refractivity contribution < 1.29 is 0 Å². The summed E-state index contributed by atoms with van der Waals surface area (Å²) in [6, 6.07) is 3.78. The third kappa shape index (κ3) is 2.49. The van der Waals surface area contributed by atoms with Gasteiger partial charge in [0.2, 0.25) is 5.95 Å². The minimum absolute atomic E-state index is 0.338. The predicted molar refractivity (Wildman–Crippen MR) is 73.2 cm³/mol. The van der Waals surface area contributed by atoms with E-state index in [1.54, 1.807) is 18.6 Å². The van der Waals surface area contributed by atoms with Crippen molar-refractivity contribution in [3.8, 4) is 6.07 Å².